The maximum Gasteiger partial charge on any atom is 0.310 e. The van der Waals surface area contributed by atoms with Crippen molar-refractivity contribution in [2.45, 2.75) is 12.8 Å². The SMILES string of the molecule is COC(=O)[C@@H]1[C@@H](C(=O)O)C12CC2. The van der Waals surface area contributed by atoms with Gasteiger partial charge < -0.3 is 9.84 Å². The molecule has 0 aromatic heterocycles. The number of aliphatic carboxylic acids is 1. The van der Waals surface area contributed by atoms with Gasteiger partial charge in [-0.1, -0.05) is 0 Å². The van der Waals surface area contributed by atoms with Crippen LogP contribution in [0, 0.1) is 17.3 Å². The topological polar surface area (TPSA) is 63.6 Å². The molecule has 2 saturated carbocycles. The van der Waals surface area contributed by atoms with Crippen LogP contribution in [0.3, 0.4) is 0 Å². The van der Waals surface area contributed by atoms with E-state index in [9.17, 15) is 9.59 Å². The van der Waals surface area contributed by atoms with E-state index in [1.165, 1.54) is 7.11 Å². The third-order valence-electron chi connectivity index (χ3n) is 3.01. The van der Waals surface area contributed by atoms with Gasteiger partial charge in [0.05, 0.1) is 18.9 Å². The first-order valence-electron chi connectivity index (χ1n) is 3.94. The summed E-state index contributed by atoms with van der Waals surface area (Å²) in [7, 11) is 1.30. The van der Waals surface area contributed by atoms with Crippen molar-refractivity contribution in [2.24, 2.45) is 17.3 Å². The minimum Gasteiger partial charge on any atom is -0.481 e. The van der Waals surface area contributed by atoms with E-state index in [4.69, 9.17) is 5.11 Å². The number of esters is 1. The fourth-order valence-corrected chi connectivity index (χ4v) is 2.14. The molecule has 2 atom stereocenters. The lowest BCUT2D eigenvalue weighted by Crippen LogP contribution is -2.08. The van der Waals surface area contributed by atoms with Gasteiger partial charge in [-0.05, 0) is 18.3 Å². The van der Waals surface area contributed by atoms with Gasteiger partial charge in [0.15, 0.2) is 0 Å². The van der Waals surface area contributed by atoms with Gasteiger partial charge in [0.25, 0.3) is 0 Å². The van der Waals surface area contributed by atoms with Crippen LogP contribution in [0.5, 0.6) is 0 Å². The van der Waals surface area contributed by atoms with Crippen LogP contribution in [0.4, 0.5) is 0 Å². The minimum absolute atomic E-state index is 0.196. The number of methoxy groups -OCH3 is 1. The third kappa shape index (κ3) is 0.722. The summed E-state index contributed by atoms with van der Waals surface area (Å²) in [5, 5.41) is 8.74. The van der Waals surface area contributed by atoms with Crippen LogP contribution in [0.25, 0.3) is 0 Å². The first kappa shape index (κ1) is 7.58. The van der Waals surface area contributed by atoms with Crippen molar-refractivity contribution in [2.75, 3.05) is 7.11 Å². The summed E-state index contributed by atoms with van der Waals surface area (Å²) >= 11 is 0. The van der Waals surface area contributed by atoms with E-state index < -0.39 is 11.9 Å². The highest BCUT2D eigenvalue weighted by atomic mass is 16.5. The molecule has 0 amide bonds. The van der Waals surface area contributed by atoms with E-state index in [0.29, 0.717) is 0 Å². The van der Waals surface area contributed by atoms with E-state index in [0.717, 1.165) is 12.8 Å². The van der Waals surface area contributed by atoms with E-state index in [1.54, 1.807) is 0 Å². The highest BCUT2D eigenvalue weighted by molar-refractivity contribution is 5.90. The molecule has 0 unspecified atom stereocenters. The first-order valence-corrected chi connectivity index (χ1v) is 3.94. The fraction of sp³-hybridized carbons (Fsp3) is 0.750. The van der Waals surface area contributed by atoms with E-state index in [2.05, 4.69) is 4.74 Å². The Kier molecular flexibility index (Phi) is 1.26. The first-order chi connectivity index (χ1) is 5.63. The predicted molar refractivity (Wildman–Crippen MR) is 38.3 cm³/mol. The van der Waals surface area contributed by atoms with Crippen LogP contribution in [0.1, 0.15) is 12.8 Å². The third-order valence-corrected chi connectivity index (χ3v) is 3.01. The second kappa shape index (κ2) is 2.00. The van der Waals surface area contributed by atoms with Crippen molar-refractivity contribution in [1.82, 2.24) is 0 Å². The van der Waals surface area contributed by atoms with E-state index in [-0.39, 0.29) is 17.3 Å². The summed E-state index contributed by atoms with van der Waals surface area (Å²) in [5.74, 6) is -2.05. The summed E-state index contributed by atoms with van der Waals surface area (Å²) in [6.45, 7) is 0. The number of carboxylic acid groups (broad SMARTS) is 1. The Morgan fingerprint density at radius 1 is 1.42 bits per heavy atom. The number of carboxylic acids is 1. The van der Waals surface area contributed by atoms with Crippen molar-refractivity contribution in [3.8, 4) is 0 Å². The Balaban J connectivity index is 2.11. The van der Waals surface area contributed by atoms with Gasteiger partial charge in [-0.15, -0.1) is 0 Å². The van der Waals surface area contributed by atoms with Crippen molar-refractivity contribution < 1.29 is 19.4 Å². The molecule has 12 heavy (non-hydrogen) atoms. The van der Waals surface area contributed by atoms with Crippen molar-refractivity contribution >= 4 is 11.9 Å². The van der Waals surface area contributed by atoms with Crippen LogP contribution in [-0.2, 0) is 14.3 Å². The molecule has 0 aromatic carbocycles. The molecule has 66 valence electrons. The Hall–Kier alpha value is -1.06. The van der Waals surface area contributed by atoms with Crippen LogP contribution >= 0.6 is 0 Å². The molecule has 2 rings (SSSR count). The molecule has 2 aliphatic carbocycles. The smallest absolute Gasteiger partial charge is 0.310 e. The lowest BCUT2D eigenvalue weighted by Gasteiger charge is -1.93. The molecular formula is C8H10O4. The number of ether oxygens (including phenoxy) is 1. The zero-order chi connectivity index (χ0) is 8.93. The average molecular weight is 170 g/mol. The number of rotatable bonds is 2. The summed E-state index contributed by atoms with van der Waals surface area (Å²) in [6, 6.07) is 0. The van der Waals surface area contributed by atoms with Gasteiger partial charge in [-0.25, -0.2) is 0 Å². The molecule has 0 aromatic rings. The molecule has 1 spiro atoms. The Morgan fingerprint density at radius 2 is 2.00 bits per heavy atom. The molecular weight excluding hydrogens is 160 g/mol. The standard InChI is InChI=1S/C8H10O4/c1-12-7(11)5-4(6(9)10)8(5)2-3-8/h4-5H,2-3H2,1H3,(H,9,10)/t4-,5-/m0/s1. The summed E-state index contributed by atoms with van der Waals surface area (Å²) in [5.41, 5.74) is -0.196. The molecule has 0 bridgehead atoms. The fourth-order valence-electron chi connectivity index (χ4n) is 2.14. The number of hydrogen-bond acceptors (Lipinski definition) is 3. The Labute approximate surface area is 69.5 Å². The van der Waals surface area contributed by atoms with Gasteiger partial charge in [0, 0.05) is 0 Å². The number of hydrogen-bond donors (Lipinski definition) is 1. The Morgan fingerprint density at radius 3 is 2.25 bits per heavy atom. The molecule has 2 fully saturated rings. The van der Waals surface area contributed by atoms with Gasteiger partial charge in [-0.2, -0.15) is 0 Å². The molecule has 0 radical (unpaired) electrons. The molecule has 0 saturated heterocycles. The lowest BCUT2D eigenvalue weighted by atomic mass is 10.3. The van der Waals surface area contributed by atoms with Gasteiger partial charge in [0.2, 0.25) is 0 Å². The highest BCUT2D eigenvalue weighted by Crippen LogP contribution is 2.75. The maximum atomic E-state index is 11.1. The average Bonchev–Trinajstić information content (AvgIpc) is 2.90. The second-order valence-corrected chi connectivity index (χ2v) is 3.55. The van der Waals surface area contributed by atoms with Crippen LogP contribution in [0.2, 0.25) is 0 Å². The predicted octanol–water partition coefficient (Wildman–Crippen LogP) is 0.270. The summed E-state index contributed by atoms with van der Waals surface area (Å²) in [4.78, 5) is 21.7. The van der Waals surface area contributed by atoms with Gasteiger partial charge in [-0.3, -0.25) is 9.59 Å². The van der Waals surface area contributed by atoms with E-state index >= 15 is 0 Å². The number of carbonyl (C=O) groups is 2. The zero-order valence-corrected chi connectivity index (χ0v) is 6.74. The summed E-state index contributed by atoms with van der Waals surface area (Å²) < 4.78 is 4.53. The van der Waals surface area contributed by atoms with E-state index in [1.807, 2.05) is 0 Å². The highest BCUT2D eigenvalue weighted by Gasteiger charge is 2.78. The molecule has 0 heterocycles. The quantitative estimate of drug-likeness (QED) is 0.604. The normalized spacial score (nSPS) is 34.4. The Bertz CT molecular complexity index is 254. The van der Waals surface area contributed by atoms with Crippen molar-refractivity contribution in [3.05, 3.63) is 0 Å². The van der Waals surface area contributed by atoms with Crippen LogP contribution in [0.15, 0.2) is 0 Å². The number of carbonyl (C=O) groups excluding carboxylic acids is 1. The maximum absolute atomic E-state index is 11.1. The zero-order valence-electron chi connectivity index (χ0n) is 6.74. The van der Waals surface area contributed by atoms with Gasteiger partial charge in [0.1, 0.15) is 0 Å². The minimum atomic E-state index is -0.858. The summed E-state index contributed by atoms with van der Waals surface area (Å²) in [6.07, 6.45) is 1.73. The van der Waals surface area contributed by atoms with Crippen LogP contribution in [-0.4, -0.2) is 24.2 Å². The monoisotopic (exact) mass is 170 g/mol. The van der Waals surface area contributed by atoms with Crippen molar-refractivity contribution in [3.63, 3.8) is 0 Å². The van der Waals surface area contributed by atoms with Crippen molar-refractivity contribution in [1.29, 1.82) is 0 Å². The largest absolute Gasteiger partial charge is 0.481 e. The van der Waals surface area contributed by atoms with Crippen LogP contribution < -0.4 is 0 Å². The van der Waals surface area contributed by atoms with Gasteiger partial charge >= 0.3 is 11.9 Å². The molecule has 0 aliphatic heterocycles. The molecule has 4 nitrogen and oxygen atoms in total. The molecule has 1 N–H and O–H groups in total. The molecule has 4 heteroatoms. The second-order valence-electron chi connectivity index (χ2n) is 3.55. The molecule has 2 aliphatic rings. The lowest BCUT2D eigenvalue weighted by molar-refractivity contribution is -0.146.